The number of aromatic nitrogens is 1. The summed E-state index contributed by atoms with van der Waals surface area (Å²) < 4.78 is 5.37. The van der Waals surface area contributed by atoms with Crippen molar-refractivity contribution < 1.29 is 4.74 Å². The Labute approximate surface area is 94.0 Å². The summed E-state index contributed by atoms with van der Waals surface area (Å²) in [6.45, 7) is 2.68. The topological polar surface area (TPSA) is 51.4 Å². The first-order chi connectivity index (χ1) is 7.33. The second-order valence-corrected chi connectivity index (χ2v) is 3.87. The van der Waals surface area contributed by atoms with Gasteiger partial charge in [0.2, 0.25) is 0 Å². The predicted molar refractivity (Wildman–Crippen MR) is 60.3 cm³/mol. The van der Waals surface area contributed by atoms with Crippen LogP contribution < -0.4 is 10.6 Å². The van der Waals surface area contributed by atoms with Gasteiger partial charge in [0.05, 0.1) is 24.3 Å². The first kappa shape index (κ1) is 10.7. The van der Waals surface area contributed by atoms with Gasteiger partial charge in [-0.15, -0.1) is 0 Å². The Morgan fingerprint density at radius 1 is 1.67 bits per heavy atom. The number of nitrogens with two attached hydrogens (primary N) is 1. The minimum atomic E-state index is 0.172. The number of anilines is 1. The molecule has 1 aliphatic rings. The van der Waals surface area contributed by atoms with E-state index in [0.717, 1.165) is 12.4 Å². The fourth-order valence-corrected chi connectivity index (χ4v) is 1.95. The van der Waals surface area contributed by atoms with Crippen LogP contribution in [-0.4, -0.2) is 37.3 Å². The van der Waals surface area contributed by atoms with Gasteiger partial charge < -0.3 is 15.4 Å². The number of ether oxygens (including phenoxy) is 1. The van der Waals surface area contributed by atoms with Crippen LogP contribution in [0.25, 0.3) is 0 Å². The van der Waals surface area contributed by atoms with Crippen molar-refractivity contribution >= 4 is 17.4 Å². The Balaban J connectivity index is 2.24. The van der Waals surface area contributed by atoms with Gasteiger partial charge in [-0.25, -0.2) is 4.98 Å². The van der Waals surface area contributed by atoms with E-state index in [2.05, 4.69) is 9.88 Å². The maximum absolute atomic E-state index is 6.09. The fraction of sp³-hybridized carbons (Fsp3) is 0.500. The van der Waals surface area contributed by atoms with Gasteiger partial charge >= 0.3 is 0 Å². The molecular formula is C10H14ClN3O. The molecule has 0 radical (unpaired) electrons. The molecule has 0 amide bonds. The highest BCUT2D eigenvalue weighted by Crippen LogP contribution is 2.25. The van der Waals surface area contributed by atoms with E-state index in [4.69, 9.17) is 22.1 Å². The van der Waals surface area contributed by atoms with Crippen LogP contribution in [0.15, 0.2) is 18.3 Å². The zero-order valence-corrected chi connectivity index (χ0v) is 9.15. The summed E-state index contributed by atoms with van der Waals surface area (Å²) in [5.74, 6) is 0.804. The van der Waals surface area contributed by atoms with Crippen LogP contribution in [0.4, 0.5) is 5.82 Å². The van der Waals surface area contributed by atoms with Gasteiger partial charge in [-0.3, -0.25) is 0 Å². The van der Waals surface area contributed by atoms with Crippen molar-refractivity contribution in [2.45, 2.75) is 6.04 Å². The lowest BCUT2D eigenvalue weighted by molar-refractivity contribution is 0.0958. The van der Waals surface area contributed by atoms with E-state index in [9.17, 15) is 0 Å². The van der Waals surface area contributed by atoms with Crippen LogP contribution in [0.2, 0.25) is 5.02 Å². The Bertz CT molecular complexity index is 334. The van der Waals surface area contributed by atoms with E-state index in [0.29, 0.717) is 24.8 Å². The first-order valence-corrected chi connectivity index (χ1v) is 5.35. The Kier molecular flexibility index (Phi) is 3.41. The SMILES string of the molecule is NCC1COCCN1c1ncccc1Cl. The molecule has 5 heteroatoms. The van der Waals surface area contributed by atoms with Crippen molar-refractivity contribution in [3.05, 3.63) is 23.4 Å². The Morgan fingerprint density at radius 2 is 2.53 bits per heavy atom. The van der Waals surface area contributed by atoms with Crippen molar-refractivity contribution in [1.29, 1.82) is 0 Å². The van der Waals surface area contributed by atoms with Gasteiger partial charge in [0, 0.05) is 19.3 Å². The van der Waals surface area contributed by atoms with Crippen LogP contribution in [0.1, 0.15) is 0 Å². The second-order valence-electron chi connectivity index (χ2n) is 3.47. The summed E-state index contributed by atoms with van der Waals surface area (Å²) in [5.41, 5.74) is 5.69. The summed E-state index contributed by atoms with van der Waals surface area (Å²) in [5, 5.41) is 0.665. The van der Waals surface area contributed by atoms with Crippen molar-refractivity contribution in [3.8, 4) is 0 Å². The monoisotopic (exact) mass is 227 g/mol. The summed E-state index contributed by atoms with van der Waals surface area (Å²) >= 11 is 6.09. The molecule has 0 saturated carbocycles. The molecule has 1 saturated heterocycles. The molecule has 4 nitrogen and oxygen atoms in total. The lowest BCUT2D eigenvalue weighted by atomic mass is 10.2. The van der Waals surface area contributed by atoms with E-state index < -0.39 is 0 Å². The van der Waals surface area contributed by atoms with Gasteiger partial charge in [-0.05, 0) is 12.1 Å². The molecule has 2 heterocycles. The van der Waals surface area contributed by atoms with E-state index in [-0.39, 0.29) is 6.04 Å². The van der Waals surface area contributed by atoms with E-state index in [1.807, 2.05) is 12.1 Å². The van der Waals surface area contributed by atoms with Crippen LogP contribution in [-0.2, 0) is 4.74 Å². The molecule has 1 unspecified atom stereocenters. The zero-order valence-electron chi connectivity index (χ0n) is 8.40. The minimum Gasteiger partial charge on any atom is -0.377 e. The molecule has 2 rings (SSSR count). The van der Waals surface area contributed by atoms with Crippen LogP contribution in [0.3, 0.4) is 0 Å². The molecule has 15 heavy (non-hydrogen) atoms. The summed E-state index contributed by atoms with van der Waals surface area (Å²) in [4.78, 5) is 6.40. The largest absolute Gasteiger partial charge is 0.377 e. The van der Waals surface area contributed by atoms with Gasteiger partial charge in [0.15, 0.2) is 0 Å². The van der Waals surface area contributed by atoms with Gasteiger partial charge in [0.1, 0.15) is 5.82 Å². The predicted octanol–water partition coefficient (Wildman–Crippen LogP) is 0.899. The van der Waals surface area contributed by atoms with Gasteiger partial charge in [-0.2, -0.15) is 0 Å². The molecule has 1 fully saturated rings. The standard InChI is InChI=1S/C10H14ClN3O/c11-9-2-1-3-13-10(9)14-4-5-15-7-8(14)6-12/h1-3,8H,4-7,12H2. The highest BCUT2D eigenvalue weighted by molar-refractivity contribution is 6.32. The van der Waals surface area contributed by atoms with Gasteiger partial charge in [-0.1, -0.05) is 11.6 Å². The van der Waals surface area contributed by atoms with E-state index in [1.165, 1.54) is 0 Å². The van der Waals surface area contributed by atoms with Crippen molar-refractivity contribution in [2.24, 2.45) is 5.73 Å². The minimum absolute atomic E-state index is 0.172. The normalized spacial score (nSPS) is 21.7. The summed E-state index contributed by atoms with van der Waals surface area (Å²) in [6, 6.07) is 3.84. The van der Waals surface area contributed by atoms with E-state index >= 15 is 0 Å². The molecule has 2 N–H and O–H groups in total. The maximum Gasteiger partial charge on any atom is 0.147 e. The third-order valence-corrected chi connectivity index (χ3v) is 2.81. The molecule has 1 aromatic heterocycles. The maximum atomic E-state index is 6.09. The average Bonchev–Trinajstić information content (AvgIpc) is 2.30. The lowest BCUT2D eigenvalue weighted by Crippen LogP contribution is -2.50. The number of nitrogens with zero attached hydrogens (tertiary/aromatic N) is 2. The molecular weight excluding hydrogens is 214 g/mol. The molecule has 0 spiro atoms. The fourth-order valence-electron chi connectivity index (χ4n) is 1.72. The quantitative estimate of drug-likeness (QED) is 0.816. The van der Waals surface area contributed by atoms with Crippen molar-refractivity contribution in [1.82, 2.24) is 4.98 Å². The third kappa shape index (κ3) is 2.22. The molecule has 1 atom stereocenters. The van der Waals surface area contributed by atoms with Crippen LogP contribution in [0, 0.1) is 0 Å². The summed E-state index contributed by atoms with van der Waals surface area (Å²) in [7, 11) is 0. The van der Waals surface area contributed by atoms with Gasteiger partial charge in [0.25, 0.3) is 0 Å². The lowest BCUT2D eigenvalue weighted by Gasteiger charge is -2.36. The number of hydrogen-bond acceptors (Lipinski definition) is 4. The highest BCUT2D eigenvalue weighted by Gasteiger charge is 2.24. The second kappa shape index (κ2) is 4.79. The first-order valence-electron chi connectivity index (χ1n) is 4.98. The number of halogens is 1. The molecule has 0 aromatic carbocycles. The zero-order chi connectivity index (χ0) is 10.7. The number of hydrogen-bond donors (Lipinski definition) is 1. The molecule has 1 aliphatic heterocycles. The van der Waals surface area contributed by atoms with E-state index in [1.54, 1.807) is 6.20 Å². The Morgan fingerprint density at radius 3 is 3.27 bits per heavy atom. The summed E-state index contributed by atoms with van der Waals surface area (Å²) in [6.07, 6.45) is 1.74. The van der Waals surface area contributed by atoms with Crippen molar-refractivity contribution in [2.75, 3.05) is 31.2 Å². The molecule has 0 bridgehead atoms. The smallest absolute Gasteiger partial charge is 0.147 e. The molecule has 82 valence electrons. The average molecular weight is 228 g/mol. The van der Waals surface area contributed by atoms with Crippen LogP contribution in [0.5, 0.6) is 0 Å². The van der Waals surface area contributed by atoms with Crippen molar-refractivity contribution in [3.63, 3.8) is 0 Å². The Hall–Kier alpha value is -0.840. The molecule has 1 aromatic rings. The number of pyridine rings is 1. The highest BCUT2D eigenvalue weighted by atomic mass is 35.5. The molecule has 0 aliphatic carbocycles. The number of rotatable bonds is 2. The number of morpholine rings is 1. The van der Waals surface area contributed by atoms with Crippen LogP contribution >= 0.6 is 11.6 Å². The third-order valence-electron chi connectivity index (χ3n) is 2.51.